The number of pyridine rings is 1. The van der Waals surface area contributed by atoms with E-state index in [9.17, 15) is 4.39 Å². The van der Waals surface area contributed by atoms with Crippen molar-refractivity contribution in [2.75, 3.05) is 18.0 Å². The molecule has 7 nitrogen and oxygen atoms in total. The molecule has 23 heavy (non-hydrogen) atoms. The van der Waals surface area contributed by atoms with Gasteiger partial charge in [-0.05, 0) is 37.1 Å². The van der Waals surface area contributed by atoms with Crippen LogP contribution in [0.1, 0.15) is 12.8 Å². The molecule has 1 aliphatic heterocycles. The molecule has 0 saturated carbocycles. The Morgan fingerprint density at radius 1 is 1.26 bits per heavy atom. The van der Waals surface area contributed by atoms with Crippen molar-refractivity contribution in [1.82, 2.24) is 24.8 Å². The molecule has 4 heterocycles. The van der Waals surface area contributed by atoms with Crippen LogP contribution in [0.25, 0.3) is 5.65 Å². The van der Waals surface area contributed by atoms with Gasteiger partial charge in [-0.3, -0.25) is 0 Å². The fraction of sp³-hybridized carbons (Fsp3) is 0.333. The van der Waals surface area contributed by atoms with E-state index in [1.165, 1.54) is 12.3 Å². The molecule has 8 heteroatoms. The standard InChI is InChI=1S/C15H15FN6O/c16-12-4-1-7-17-15(12)23-11-3-2-8-21(9-11)14-6-5-13-19-18-10-22(13)20-14/h1,4-7,10-11H,2-3,8-9H2. The van der Waals surface area contributed by atoms with Crippen LogP contribution in [0.15, 0.2) is 36.8 Å². The van der Waals surface area contributed by atoms with Gasteiger partial charge in [0.2, 0.25) is 0 Å². The van der Waals surface area contributed by atoms with Gasteiger partial charge in [0.25, 0.3) is 5.88 Å². The first-order chi connectivity index (χ1) is 11.3. The first-order valence-corrected chi connectivity index (χ1v) is 7.49. The molecule has 1 atom stereocenters. The number of rotatable bonds is 3. The average molecular weight is 314 g/mol. The molecule has 1 fully saturated rings. The maximum absolute atomic E-state index is 13.7. The highest BCUT2D eigenvalue weighted by molar-refractivity contribution is 5.45. The van der Waals surface area contributed by atoms with Crippen LogP contribution in [-0.2, 0) is 0 Å². The third-order valence-corrected chi connectivity index (χ3v) is 3.85. The highest BCUT2D eigenvalue weighted by atomic mass is 19.1. The lowest BCUT2D eigenvalue weighted by molar-refractivity contribution is 0.164. The van der Waals surface area contributed by atoms with Crippen molar-refractivity contribution >= 4 is 11.5 Å². The Bertz CT molecular complexity index is 822. The number of aromatic nitrogens is 5. The summed E-state index contributed by atoms with van der Waals surface area (Å²) < 4.78 is 21.0. The first kappa shape index (κ1) is 13.9. The van der Waals surface area contributed by atoms with E-state index >= 15 is 0 Å². The van der Waals surface area contributed by atoms with Crippen molar-refractivity contribution in [3.05, 3.63) is 42.6 Å². The van der Waals surface area contributed by atoms with Crippen LogP contribution in [0.3, 0.4) is 0 Å². The number of fused-ring (bicyclic) bond motifs is 1. The van der Waals surface area contributed by atoms with E-state index in [1.807, 2.05) is 12.1 Å². The SMILES string of the molecule is Fc1cccnc1OC1CCCN(c2ccc3nncn3n2)C1. The number of hydrogen-bond donors (Lipinski definition) is 0. The van der Waals surface area contributed by atoms with Crippen LogP contribution >= 0.6 is 0 Å². The Morgan fingerprint density at radius 2 is 2.22 bits per heavy atom. The molecule has 0 N–H and O–H groups in total. The highest BCUT2D eigenvalue weighted by Gasteiger charge is 2.24. The molecule has 0 bridgehead atoms. The largest absolute Gasteiger partial charge is 0.470 e. The zero-order valence-corrected chi connectivity index (χ0v) is 12.3. The van der Waals surface area contributed by atoms with Crippen LogP contribution in [0, 0.1) is 5.82 Å². The molecule has 0 spiro atoms. The van der Waals surface area contributed by atoms with Crippen LogP contribution in [0.5, 0.6) is 5.88 Å². The minimum absolute atomic E-state index is 0.0570. The van der Waals surface area contributed by atoms with E-state index in [2.05, 4.69) is 25.2 Å². The maximum Gasteiger partial charge on any atom is 0.250 e. The predicted octanol–water partition coefficient (Wildman–Crippen LogP) is 1.71. The summed E-state index contributed by atoms with van der Waals surface area (Å²) in [5.74, 6) is 0.447. The van der Waals surface area contributed by atoms with Crippen molar-refractivity contribution < 1.29 is 9.13 Å². The molecule has 0 aromatic carbocycles. The summed E-state index contributed by atoms with van der Waals surface area (Å²) >= 11 is 0. The molecule has 1 aliphatic rings. The molecule has 3 aromatic heterocycles. The molecular formula is C15H15FN6O. The summed E-state index contributed by atoms with van der Waals surface area (Å²) in [6.45, 7) is 1.52. The summed E-state index contributed by atoms with van der Waals surface area (Å²) in [5, 5.41) is 12.3. The molecule has 118 valence electrons. The molecule has 0 aliphatic carbocycles. The van der Waals surface area contributed by atoms with Gasteiger partial charge in [-0.25, -0.2) is 9.37 Å². The minimum Gasteiger partial charge on any atom is -0.470 e. The Labute approximate surface area is 131 Å². The number of anilines is 1. The van der Waals surface area contributed by atoms with Gasteiger partial charge in [0.15, 0.2) is 11.5 Å². The van der Waals surface area contributed by atoms with Crippen LogP contribution in [0.4, 0.5) is 10.2 Å². The second-order valence-corrected chi connectivity index (χ2v) is 5.44. The third kappa shape index (κ3) is 2.79. The number of nitrogens with zero attached hydrogens (tertiary/aromatic N) is 6. The summed E-state index contributed by atoms with van der Waals surface area (Å²) in [4.78, 5) is 6.07. The maximum atomic E-state index is 13.7. The zero-order valence-electron chi connectivity index (χ0n) is 12.3. The Kier molecular flexibility index (Phi) is 3.49. The van der Waals surface area contributed by atoms with Crippen molar-refractivity contribution in [2.24, 2.45) is 0 Å². The molecule has 1 unspecified atom stereocenters. The summed E-state index contributed by atoms with van der Waals surface area (Å²) in [5.41, 5.74) is 0.703. The summed E-state index contributed by atoms with van der Waals surface area (Å²) in [7, 11) is 0. The zero-order chi connectivity index (χ0) is 15.6. The van der Waals surface area contributed by atoms with E-state index in [-0.39, 0.29) is 12.0 Å². The smallest absolute Gasteiger partial charge is 0.250 e. The molecule has 1 saturated heterocycles. The lowest BCUT2D eigenvalue weighted by atomic mass is 10.1. The molecular weight excluding hydrogens is 299 g/mol. The van der Waals surface area contributed by atoms with Gasteiger partial charge in [-0.2, -0.15) is 4.52 Å². The summed E-state index contributed by atoms with van der Waals surface area (Å²) in [6.07, 6.45) is 4.79. The van der Waals surface area contributed by atoms with Crippen LogP contribution in [-0.4, -0.2) is 44.0 Å². The number of hydrogen-bond acceptors (Lipinski definition) is 6. The van der Waals surface area contributed by atoms with Gasteiger partial charge < -0.3 is 9.64 Å². The lowest BCUT2D eigenvalue weighted by Crippen LogP contribution is -2.42. The van der Waals surface area contributed by atoms with E-state index in [4.69, 9.17) is 4.74 Å². The van der Waals surface area contributed by atoms with Gasteiger partial charge in [0.1, 0.15) is 18.2 Å². The second kappa shape index (κ2) is 5.79. The van der Waals surface area contributed by atoms with Gasteiger partial charge >= 0.3 is 0 Å². The van der Waals surface area contributed by atoms with E-state index in [0.717, 1.165) is 25.2 Å². The van der Waals surface area contributed by atoms with Crippen molar-refractivity contribution in [3.63, 3.8) is 0 Å². The van der Waals surface area contributed by atoms with E-state index < -0.39 is 5.82 Å². The Balaban J connectivity index is 1.51. The monoisotopic (exact) mass is 314 g/mol. The average Bonchev–Trinajstić information content (AvgIpc) is 3.05. The van der Waals surface area contributed by atoms with Crippen molar-refractivity contribution in [3.8, 4) is 5.88 Å². The molecule has 3 aromatic rings. The fourth-order valence-electron chi connectivity index (χ4n) is 2.75. The van der Waals surface area contributed by atoms with Crippen molar-refractivity contribution in [2.45, 2.75) is 18.9 Å². The van der Waals surface area contributed by atoms with Crippen LogP contribution < -0.4 is 9.64 Å². The van der Waals surface area contributed by atoms with E-state index in [1.54, 1.807) is 16.9 Å². The molecule has 4 rings (SSSR count). The van der Waals surface area contributed by atoms with Crippen molar-refractivity contribution in [1.29, 1.82) is 0 Å². The lowest BCUT2D eigenvalue weighted by Gasteiger charge is -2.33. The quantitative estimate of drug-likeness (QED) is 0.733. The van der Waals surface area contributed by atoms with Crippen LogP contribution in [0.2, 0.25) is 0 Å². The highest BCUT2D eigenvalue weighted by Crippen LogP contribution is 2.22. The number of ether oxygens (including phenoxy) is 1. The number of halogens is 1. The third-order valence-electron chi connectivity index (χ3n) is 3.85. The van der Waals surface area contributed by atoms with Gasteiger partial charge in [0, 0.05) is 12.7 Å². The normalized spacial score (nSPS) is 18.3. The fourth-order valence-corrected chi connectivity index (χ4v) is 2.75. The van der Waals surface area contributed by atoms with Gasteiger partial charge in [-0.15, -0.1) is 15.3 Å². The first-order valence-electron chi connectivity index (χ1n) is 7.49. The van der Waals surface area contributed by atoms with E-state index in [0.29, 0.717) is 12.2 Å². The van der Waals surface area contributed by atoms with Gasteiger partial charge in [0.05, 0.1) is 6.54 Å². The molecule has 0 amide bonds. The molecule has 0 radical (unpaired) electrons. The summed E-state index contributed by atoms with van der Waals surface area (Å²) in [6, 6.07) is 6.68. The topological polar surface area (TPSA) is 68.4 Å². The minimum atomic E-state index is -0.436. The predicted molar refractivity (Wildman–Crippen MR) is 80.8 cm³/mol. The van der Waals surface area contributed by atoms with Gasteiger partial charge in [-0.1, -0.05) is 0 Å². The number of piperidine rings is 1. The Hall–Kier alpha value is -2.77. The Morgan fingerprint density at radius 3 is 3.13 bits per heavy atom. The second-order valence-electron chi connectivity index (χ2n) is 5.44.